The Labute approximate surface area is 151 Å². The number of H-pyrrole nitrogens is 2. The smallest absolute Gasteiger partial charge is 0.323 e. The molecule has 1 amide bonds. The molecule has 0 radical (unpaired) electrons. The van der Waals surface area contributed by atoms with Gasteiger partial charge in [0.25, 0.3) is 0 Å². The van der Waals surface area contributed by atoms with E-state index < -0.39 is 0 Å². The summed E-state index contributed by atoms with van der Waals surface area (Å²) in [6, 6.07) is 5.20. The molecule has 3 heterocycles. The number of aromatic nitrogens is 6. The number of hydrogen-bond acceptors (Lipinski definition) is 6. The second-order valence-electron chi connectivity index (χ2n) is 5.77. The second-order valence-corrected chi connectivity index (χ2v) is 7.10. The number of benzene rings is 1. The van der Waals surface area contributed by atoms with Crippen LogP contribution < -0.4 is 11.0 Å². The van der Waals surface area contributed by atoms with Crippen LogP contribution in [0.4, 0.5) is 5.69 Å². The van der Waals surface area contributed by atoms with E-state index in [1.165, 1.54) is 18.1 Å². The summed E-state index contributed by atoms with van der Waals surface area (Å²) in [7, 11) is 1.81. The Balaban J connectivity index is 1.52. The summed E-state index contributed by atoms with van der Waals surface area (Å²) in [5, 5.41) is 8.17. The summed E-state index contributed by atoms with van der Waals surface area (Å²) in [6.07, 6.45) is 3.16. The molecule has 0 aliphatic heterocycles. The average molecular weight is 369 g/mol. The van der Waals surface area contributed by atoms with E-state index in [1.54, 1.807) is 43.0 Å². The molecule has 0 spiro atoms. The highest BCUT2D eigenvalue weighted by atomic mass is 32.2. The SMILES string of the molecule is CC(Sc1ncnc2c1cnn2C)C(=O)Nc1ccc2[nH]c(=O)[nH]c2c1. The lowest BCUT2D eigenvalue weighted by atomic mass is 10.2. The van der Waals surface area contributed by atoms with E-state index in [1.807, 2.05) is 0 Å². The first-order valence-corrected chi connectivity index (χ1v) is 8.71. The van der Waals surface area contributed by atoms with Crippen molar-refractivity contribution in [2.75, 3.05) is 5.32 Å². The maximum absolute atomic E-state index is 12.5. The number of aromatic amines is 2. The van der Waals surface area contributed by atoms with Crippen LogP contribution in [0.5, 0.6) is 0 Å². The van der Waals surface area contributed by atoms with E-state index in [0.29, 0.717) is 21.7 Å². The zero-order chi connectivity index (χ0) is 18.3. The van der Waals surface area contributed by atoms with Crippen LogP contribution in [0.1, 0.15) is 6.92 Å². The topological polar surface area (TPSA) is 121 Å². The Morgan fingerprint density at radius 2 is 2.08 bits per heavy atom. The van der Waals surface area contributed by atoms with Crippen molar-refractivity contribution >= 4 is 45.4 Å². The van der Waals surface area contributed by atoms with E-state index in [4.69, 9.17) is 0 Å². The van der Waals surface area contributed by atoms with Crippen molar-refractivity contribution in [3.05, 3.63) is 41.2 Å². The summed E-state index contributed by atoms with van der Waals surface area (Å²) < 4.78 is 1.67. The molecule has 132 valence electrons. The van der Waals surface area contributed by atoms with Crippen molar-refractivity contribution in [1.29, 1.82) is 0 Å². The maximum atomic E-state index is 12.5. The third-order valence-corrected chi connectivity index (χ3v) is 5.05. The van der Waals surface area contributed by atoms with Crippen LogP contribution in [0.3, 0.4) is 0 Å². The molecule has 0 aliphatic carbocycles. The van der Waals surface area contributed by atoms with E-state index in [-0.39, 0.29) is 16.8 Å². The van der Waals surface area contributed by atoms with Gasteiger partial charge in [0.1, 0.15) is 11.4 Å². The quantitative estimate of drug-likeness (QED) is 0.371. The summed E-state index contributed by atoms with van der Waals surface area (Å²) in [5.41, 5.74) is 2.38. The third kappa shape index (κ3) is 2.94. The van der Waals surface area contributed by atoms with Crippen molar-refractivity contribution in [2.45, 2.75) is 17.2 Å². The molecule has 3 N–H and O–H groups in total. The number of fused-ring (bicyclic) bond motifs is 2. The predicted molar refractivity (Wildman–Crippen MR) is 99.2 cm³/mol. The molecule has 26 heavy (non-hydrogen) atoms. The average Bonchev–Trinajstić information content (AvgIpc) is 3.17. The highest BCUT2D eigenvalue weighted by Gasteiger charge is 2.18. The minimum absolute atomic E-state index is 0.164. The second kappa shape index (κ2) is 6.30. The number of amides is 1. The first-order chi connectivity index (χ1) is 12.5. The molecule has 3 aromatic heterocycles. The van der Waals surface area contributed by atoms with E-state index >= 15 is 0 Å². The molecule has 1 aromatic carbocycles. The van der Waals surface area contributed by atoms with Crippen LogP contribution in [-0.4, -0.2) is 40.9 Å². The Bertz CT molecular complexity index is 1180. The Morgan fingerprint density at radius 1 is 1.27 bits per heavy atom. The molecule has 1 atom stereocenters. The van der Waals surface area contributed by atoms with Gasteiger partial charge in [-0.2, -0.15) is 5.10 Å². The summed E-state index contributed by atoms with van der Waals surface area (Å²) in [6.45, 7) is 1.81. The van der Waals surface area contributed by atoms with Gasteiger partial charge < -0.3 is 15.3 Å². The number of thioether (sulfide) groups is 1. The van der Waals surface area contributed by atoms with Gasteiger partial charge in [0, 0.05) is 12.7 Å². The predicted octanol–water partition coefficient (Wildman–Crippen LogP) is 1.65. The third-order valence-electron chi connectivity index (χ3n) is 3.93. The largest absolute Gasteiger partial charge is 0.325 e. The van der Waals surface area contributed by atoms with Gasteiger partial charge in [0.05, 0.1) is 27.9 Å². The number of hydrogen-bond donors (Lipinski definition) is 3. The van der Waals surface area contributed by atoms with Gasteiger partial charge in [-0.1, -0.05) is 11.8 Å². The van der Waals surface area contributed by atoms with Gasteiger partial charge in [-0.15, -0.1) is 0 Å². The van der Waals surface area contributed by atoms with Crippen molar-refractivity contribution in [1.82, 2.24) is 29.7 Å². The van der Waals surface area contributed by atoms with Crippen LogP contribution in [0.15, 0.2) is 40.5 Å². The van der Waals surface area contributed by atoms with Crippen LogP contribution in [-0.2, 0) is 11.8 Å². The zero-order valence-corrected chi connectivity index (χ0v) is 14.8. The van der Waals surface area contributed by atoms with Crippen molar-refractivity contribution in [3.8, 4) is 0 Å². The molecule has 4 aromatic rings. The number of anilines is 1. The number of carbonyl (C=O) groups is 1. The van der Waals surface area contributed by atoms with E-state index in [2.05, 4.69) is 30.4 Å². The number of nitrogens with one attached hydrogen (secondary N) is 3. The van der Waals surface area contributed by atoms with Crippen molar-refractivity contribution < 1.29 is 4.79 Å². The monoisotopic (exact) mass is 369 g/mol. The zero-order valence-electron chi connectivity index (χ0n) is 14.0. The summed E-state index contributed by atoms with van der Waals surface area (Å²) >= 11 is 1.34. The normalized spacial score (nSPS) is 12.5. The molecule has 4 rings (SSSR count). The Hall–Kier alpha value is -3.14. The maximum Gasteiger partial charge on any atom is 0.323 e. The molecule has 0 aliphatic rings. The van der Waals surface area contributed by atoms with Crippen LogP contribution in [0, 0.1) is 0 Å². The van der Waals surface area contributed by atoms with Gasteiger partial charge in [-0.3, -0.25) is 9.48 Å². The molecule has 10 heteroatoms. The highest BCUT2D eigenvalue weighted by Crippen LogP contribution is 2.28. The van der Waals surface area contributed by atoms with E-state index in [0.717, 1.165) is 11.0 Å². The Morgan fingerprint density at radius 3 is 2.92 bits per heavy atom. The van der Waals surface area contributed by atoms with Crippen molar-refractivity contribution in [3.63, 3.8) is 0 Å². The Kier molecular flexibility index (Phi) is 3.96. The number of aryl methyl sites for hydroxylation is 1. The van der Waals surface area contributed by atoms with Gasteiger partial charge in [0.2, 0.25) is 5.91 Å². The molecule has 0 bridgehead atoms. The first-order valence-electron chi connectivity index (χ1n) is 7.83. The minimum atomic E-state index is -0.380. The number of carbonyl (C=O) groups excluding carboxylic acids is 1. The molecular formula is C16H15N7O2S. The molecule has 9 nitrogen and oxygen atoms in total. The fourth-order valence-corrected chi connectivity index (χ4v) is 3.49. The van der Waals surface area contributed by atoms with Gasteiger partial charge >= 0.3 is 5.69 Å². The fraction of sp³-hybridized carbons (Fsp3) is 0.188. The highest BCUT2D eigenvalue weighted by molar-refractivity contribution is 8.00. The summed E-state index contributed by atoms with van der Waals surface area (Å²) in [5.74, 6) is -0.164. The van der Waals surface area contributed by atoms with Crippen LogP contribution >= 0.6 is 11.8 Å². The summed E-state index contributed by atoms with van der Waals surface area (Å²) in [4.78, 5) is 37.6. The van der Waals surface area contributed by atoms with E-state index in [9.17, 15) is 9.59 Å². The standard InChI is InChI=1S/C16H15N7O2S/c1-8(26-15-10-6-19-23(2)13(10)17-7-18-15)14(24)20-9-3-4-11-12(5-9)22-16(25)21-11/h3-8H,1-2H3,(H,20,24)(H2,21,22,25). The molecule has 0 fully saturated rings. The van der Waals surface area contributed by atoms with Gasteiger partial charge in [-0.25, -0.2) is 14.8 Å². The first kappa shape index (κ1) is 16.3. The minimum Gasteiger partial charge on any atom is -0.325 e. The lowest BCUT2D eigenvalue weighted by Crippen LogP contribution is -2.22. The van der Waals surface area contributed by atoms with Gasteiger partial charge in [0.15, 0.2) is 5.65 Å². The van der Waals surface area contributed by atoms with Crippen LogP contribution in [0.25, 0.3) is 22.1 Å². The number of nitrogens with zero attached hydrogens (tertiary/aromatic N) is 4. The molecular weight excluding hydrogens is 354 g/mol. The number of rotatable bonds is 4. The lowest BCUT2D eigenvalue weighted by molar-refractivity contribution is -0.115. The fourth-order valence-electron chi connectivity index (χ4n) is 2.61. The van der Waals surface area contributed by atoms with Gasteiger partial charge in [-0.05, 0) is 25.1 Å². The molecule has 0 saturated heterocycles. The number of imidazole rings is 1. The van der Waals surface area contributed by atoms with Crippen LogP contribution in [0.2, 0.25) is 0 Å². The molecule has 1 unspecified atom stereocenters. The van der Waals surface area contributed by atoms with Crippen molar-refractivity contribution in [2.24, 2.45) is 7.05 Å². The lowest BCUT2D eigenvalue weighted by Gasteiger charge is -2.12. The molecule has 0 saturated carbocycles.